The molecule has 24 heavy (non-hydrogen) atoms. The third-order valence-electron chi connectivity index (χ3n) is 3.52. The molecule has 2 aromatic carbocycles. The second-order valence-corrected chi connectivity index (χ2v) is 5.96. The van der Waals surface area contributed by atoms with Crippen molar-refractivity contribution >= 4 is 33.2 Å². The van der Waals surface area contributed by atoms with E-state index in [1.165, 1.54) is 6.07 Å². The molecule has 0 aliphatic rings. The van der Waals surface area contributed by atoms with E-state index in [-0.39, 0.29) is 6.61 Å². The summed E-state index contributed by atoms with van der Waals surface area (Å²) in [7, 11) is 1.54. The minimum atomic E-state index is -0.472. The molecular formula is C18H13BrO5. The van der Waals surface area contributed by atoms with Gasteiger partial charge in [0, 0.05) is 27.6 Å². The number of carbonyl (C=O) groups is 1. The number of benzene rings is 2. The lowest BCUT2D eigenvalue weighted by atomic mass is 10.1. The maximum atomic E-state index is 11.8. The van der Waals surface area contributed by atoms with Crippen LogP contribution in [0, 0.1) is 0 Å². The Morgan fingerprint density at radius 1 is 1.17 bits per heavy atom. The zero-order chi connectivity index (χ0) is 17.1. The van der Waals surface area contributed by atoms with Gasteiger partial charge in [-0.25, -0.2) is 4.79 Å². The minimum absolute atomic E-state index is 0.136. The number of fused-ring (bicyclic) bond motifs is 1. The SMILES string of the molecule is COc1ccc2c(COc3ccc(Br)cc3C=O)cc(=O)oc2c1. The van der Waals surface area contributed by atoms with Gasteiger partial charge in [-0.1, -0.05) is 15.9 Å². The number of hydrogen-bond donors (Lipinski definition) is 0. The third kappa shape index (κ3) is 3.33. The van der Waals surface area contributed by atoms with E-state index in [0.717, 1.165) is 16.1 Å². The second kappa shape index (κ2) is 6.88. The predicted octanol–water partition coefficient (Wildman–Crippen LogP) is 3.96. The highest BCUT2D eigenvalue weighted by molar-refractivity contribution is 9.10. The molecule has 3 aromatic rings. The lowest BCUT2D eigenvalue weighted by Gasteiger charge is -2.10. The molecule has 0 aliphatic carbocycles. The normalized spacial score (nSPS) is 10.6. The van der Waals surface area contributed by atoms with Crippen LogP contribution in [-0.2, 0) is 6.61 Å². The van der Waals surface area contributed by atoms with Crippen molar-refractivity contribution in [2.75, 3.05) is 7.11 Å². The second-order valence-electron chi connectivity index (χ2n) is 5.04. The Balaban J connectivity index is 1.96. The zero-order valence-electron chi connectivity index (χ0n) is 12.7. The van der Waals surface area contributed by atoms with E-state index in [1.807, 2.05) is 0 Å². The van der Waals surface area contributed by atoms with Crippen molar-refractivity contribution in [1.82, 2.24) is 0 Å². The average molecular weight is 389 g/mol. The van der Waals surface area contributed by atoms with Crippen molar-refractivity contribution in [2.24, 2.45) is 0 Å². The van der Waals surface area contributed by atoms with Crippen LogP contribution in [0.3, 0.4) is 0 Å². The highest BCUT2D eigenvalue weighted by Crippen LogP contribution is 2.26. The van der Waals surface area contributed by atoms with Crippen LogP contribution in [-0.4, -0.2) is 13.4 Å². The first-order valence-corrected chi connectivity index (χ1v) is 7.88. The number of hydrogen-bond acceptors (Lipinski definition) is 5. The van der Waals surface area contributed by atoms with Crippen molar-refractivity contribution in [3.8, 4) is 11.5 Å². The fourth-order valence-electron chi connectivity index (χ4n) is 2.35. The molecule has 0 aliphatic heterocycles. The van der Waals surface area contributed by atoms with E-state index in [4.69, 9.17) is 13.9 Å². The first-order chi connectivity index (χ1) is 11.6. The van der Waals surface area contributed by atoms with E-state index in [0.29, 0.717) is 28.2 Å². The Morgan fingerprint density at radius 3 is 2.75 bits per heavy atom. The van der Waals surface area contributed by atoms with Gasteiger partial charge in [-0.05, 0) is 30.3 Å². The largest absolute Gasteiger partial charge is 0.497 e. The Bertz CT molecular complexity index is 961. The van der Waals surface area contributed by atoms with Gasteiger partial charge >= 0.3 is 5.63 Å². The third-order valence-corrected chi connectivity index (χ3v) is 4.01. The molecule has 0 amide bonds. The fraction of sp³-hybridized carbons (Fsp3) is 0.111. The standard InChI is InChI=1S/C18H13BrO5/c1-22-14-3-4-15-12(7-18(21)24-17(15)8-14)10-23-16-5-2-13(19)6-11(16)9-20/h2-9H,10H2,1H3. The molecule has 0 spiro atoms. The quantitative estimate of drug-likeness (QED) is 0.488. The van der Waals surface area contributed by atoms with E-state index in [9.17, 15) is 9.59 Å². The molecule has 122 valence electrons. The molecule has 1 heterocycles. The summed E-state index contributed by atoms with van der Waals surface area (Å²) in [6, 6.07) is 11.8. The summed E-state index contributed by atoms with van der Waals surface area (Å²) >= 11 is 3.31. The number of carbonyl (C=O) groups excluding carboxylic acids is 1. The maximum Gasteiger partial charge on any atom is 0.336 e. The van der Waals surface area contributed by atoms with Crippen LogP contribution in [0.15, 0.2) is 56.1 Å². The summed E-state index contributed by atoms with van der Waals surface area (Å²) in [5.74, 6) is 1.04. The molecule has 5 nitrogen and oxygen atoms in total. The van der Waals surface area contributed by atoms with Crippen LogP contribution in [0.4, 0.5) is 0 Å². The lowest BCUT2D eigenvalue weighted by Crippen LogP contribution is -2.05. The molecule has 0 saturated heterocycles. The highest BCUT2D eigenvalue weighted by atomic mass is 79.9. The van der Waals surface area contributed by atoms with Gasteiger partial charge in [0.15, 0.2) is 6.29 Å². The monoisotopic (exact) mass is 388 g/mol. The number of ether oxygens (including phenoxy) is 2. The van der Waals surface area contributed by atoms with Crippen molar-refractivity contribution in [2.45, 2.75) is 6.61 Å². The van der Waals surface area contributed by atoms with Gasteiger partial charge < -0.3 is 13.9 Å². The van der Waals surface area contributed by atoms with Crippen LogP contribution in [0.1, 0.15) is 15.9 Å². The predicted molar refractivity (Wildman–Crippen MR) is 92.9 cm³/mol. The molecule has 0 fully saturated rings. The molecule has 0 bridgehead atoms. The average Bonchev–Trinajstić information content (AvgIpc) is 2.59. The Labute approximate surface area is 145 Å². The van der Waals surface area contributed by atoms with Crippen molar-refractivity contribution in [3.63, 3.8) is 0 Å². The highest BCUT2D eigenvalue weighted by Gasteiger charge is 2.09. The summed E-state index contributed by atoms with van der Waals surface area (Å²) in [4.78, 5) is 22.9. The lowest BCUT2D eigenvalue weighted by molar-refractivity contribution is 0.111. The number of rotatable bonds is 5. The summed E-state index contributed by atoms with van der Waals surface area (Å²) in [5, 5.41) is 0.750. The molecule has 0 unspecified atom stereocenters. The summed E-state index contributed by atoms with van der Waals surface area (Å²) < 4.78 is 16.9. The molecular weight excluding hydrogens is 376 g/mol. The molecule has 0 radical (unpaired) electrons. The van der Waals surface area contributed by atoms with Gasteiger partial charge in [-0.2, -0.15) is 0 Å². The first-order valence-electron chi connectivity index (χ1n) is 7.09. The molecule has 0 N–H and O–H groups in total. The van der Waals surface area contributed by atoms with Crippen molar-refractivity contribution < 1.29 is 18.7 Å². The number of methoxy groups -OCH3 is 1. The van der Waals surface area contributed by atoms with Gasteiger partial charge in [-0.3, -0.25) is 4.79 Å². The van der Waals surface area contributed by atoms with Gasteiger partial charge in [-0.15, -0.1) is 0 Å². The summed E-state index contributed by atoms with van der Waals surface area (Å²) in [6.45, 7) is 0.136. The number of halogens is 1. The topological polar surface area (TPSA) is 65.7 Å². The summed E-state index contributed by atoms with van der Waals surface area (Å²) in [5.41, 5.74) is 1.05. The van der Waals surface area contributed by atoms with E-state index >= 15 is 0 Å². The van der Waals surface area contributed by atoms with Gasteiger partial charge in [0.25, 0.3) is 0 Å². The molecule has 3 rings (SSSR count). The van der Waals surface area contributed by atoms with Crippen molar-refractivity contribution in [1.29, 1.82) is 0 Å². The zero-order valence-corrected chi connectivity index (χ0v) is 14.3. The van der Waals surface area contributed by atoms with E-state index < -0.39 is 5.63 Å². The maximum absolute atomic E-state index is 11.8. The molecule has 0 saturated carbocycles. The minimum Gasteiger partial charge on any atom is -0.497 e. The van der Waals surface area contributed by atoms with Crippen molar-refractivity contribution in [3.05, 3.63) is 68.5 Å². The summed E-state index contributed by atoms with van der Waals surface area (Å²) in [6.07, 6.45) is 0.725. The molecule has 6 heteroatoms. The molecule has 1 aromatic heterocycles. The first kappa shape index (κ1) is 16.3. The van der Waals surface area contributed by atoms with Crippen LogP contribution in [0.5, 0.6) is 11.5 Å². The Morgan fingerprint density at radius 2 is 2.00 bits per heavy atom. The Kier molecular flexibility index (Phi) is 4.66. The van der Waals surface area contributed by atoms with Gasteiger partial charge in [0.1, 0.15) is 23.7 Å². The number of aldehydes is 1. The van der Waals surface area contributed by atoms with E-state index in [1.54, 1.807) is 43.5 Å². The van der Waals surface area contributed by atoms with Crippen LogP contribution < -0.4 is 15.1 Å². The van der Waals surface area contributed by atoms with Crippen LogP contribution in [0.2, 0.25) is 0 Å². The Hall–Kier alpha value is -2.60. The van der Waals surface area contributed by atoms with Crippen LogP contribution in [0.25, 0.3) is 11.0 Å². The molecule has 0 atom stereocenters. The smallest absolute Gasteiger partial charge is 0.336 e. The van der Waals surface area contributed by atoms with E-state index in [2.05, 4.69) is 15.9 Å². The van der Waals surface area contributed by atoms with Crippen LogP contribution >= 0.6 is 15.9 Å². The van der Waals surface area contributed by atoms with Gasteiger partial charge in [0.2, 0.25) is 0 Å². The fourth-order valence-corrected chi connectivity index (χ4v) is 2.73. The van der Waals surface area contributed by atoms with Gasteiger partial charge in [0.05, 0.1) is 12.7 Å².